The van der Waals surface area contributed by atoms with Crippen LogP contribution in [0.3, 0.4) is 0 Å². The highest BCUT2D eigenvalue weighted by Crippen LogP contribution is 2.24. The zero-order chi connectivity index (χ0) is 15.0. The number of hydrogen-bond acceptors (Lipinski definition) is 3. The number of nitrogens with one attached hydrogen (secondary N) is 2. The van der Waals surface area contributed by atoms with Crippen molar-refractivity contribution in [1.82, 2.24) is 5.32 Å². The molecule has 3 rings (SSSR count). The van der Waals surface area contributed by atoms with Gasteiger partial charge in [0.15, 0.2) is 0 Å². The fraction of sp³-hybridized carbons (Fsp3) is 0.353. The molecule has 0 saturated carbocycles. The third-order valence-electron chi connectivity index (χ3n) is 3.97. The van der Waals surface area contributed by atoms with Gasteiger partial charge in [-0.3, -0.25) is 4.79 Å². The Bertz CT molecular complexity index is 688. The lowest BCUT2D eigenvalue weighted by molar-refractivity contribution is 0.0939. The Morgan fingerprint density at radius 1 is 1.33 bits per heavy atom. The van der Waals surface area contributed by atoms with E-state index in [4.69, 9.17) is 4.42 Å². The van der Waals surface area contributed by atoms with Gasteiger partial charge in [0.05, 0.1) is 6.04 Å². The van der Waals surface area contributed by atoms with Crippen LogP contribution in [0.25, 0.3) is 0 Å². The molecule has 4 nitrogen and oxygen atoms in total. The first-order valence-electron chi connectivity index (χ1n) is 7.29. The Kier molecular flexibility index (Phi) is 3.45. The first-order valence-corrected chi connectivity index (χ1v) is 7.29. The largest absolute Gasteiger partial charge is 0.466 e. The Balaban J connectivity index is 1.75. The Morgan fingerprint density at radius 3 is 2.86 bits per heavy atom. The molecule has 0 bridgehead atoms. The fourth-order valence-corrected chi connectivity index (χ4v) is 2.88. The molecule has 1 aliphatic rings. The molecule has 2 heterocycles. The van der Waals surface area contributed by atoms with Crippen molar-refractivity contribution in [1.29, 1.82) is 0 Å². The molecule has 1 aromatic heterocycles. The normalized spacial score (nSPS) is 14.4. The van der Waals surface area contributed by atoms with Gasteiger partial charge in [-0.25, -0.2) is 0 Å². The summed E-state index contributed by atoms with van der Waals surface area (Å²) in [5.41, 5.74) is 4.09. The molecule has 110 valence electrons. The topological polar surface area (TPSA) is 54.3 Å². The summed E-state index contributed by atoms with van der Waals surface area (Å²) in [5, 5.41) is 6.34. The van der Waals surface area contributed by atoms with Crippen molar-refractivity contribution < 1.29 is 9.21 Å². The van der Waals surface area contributed by atoms with Gasteiger partial charge >= 0.3 is 0 Å². The van der Waals surface area contributed by atoms with Gasteiger partial charge in [-0.05, 0) is 57.0 Å². The minimum Gasteiger partial charge on any atom is -0.466 e. The first-order chi connectivity index (χ1) is 10.0. The minimum absolute atomic E-state index is 0.0459. The first kappa shape index (κ1) is 13.7. The van der Waals surface area contributed by atoms with Crippen LogP contribution in [0.4, 0.5) is 5.69 Å². The molecule has 1 amide bonds. The van der Waals surface area contributed by atoms with E-state index >= 15 is 0 Å². The van der Waals surface area contributed by atoms with E-state index in [1.807, 2.05) is 45.0 Å². The summed E-state index contributed by atoms with van der Waals surface area (Å²) >= 11 is 0. The van der Waals surface area contributed by atoms with Crippen molar-refractivity contribution in [2.45, 2.75) is 33.2 Å². The molecule has 0 aliphatic carbocycles. The summed E-state index contributed by atoms with van der Waals surface area (Å²) in [5.74, 6) is 1.68. The number of rotatable bonds is 3. The summed E-state index contributed by atoms with van der Waals surface area (Å²) in [7, 11) is 0. The van der Waals surface area contributed by atoms with Gasteiger partial charge in [-0.1, -0.05) is 0 Å². The van der Waals surface area contributed by atoms with E-state index in [1.54, 1.807) is 0 Å². The van der Waals surface area contributed by atoms with E-state index in [-0.39, 0.29) is 11.9 Å². The Morgan fingerprint density at radius 2 is 2.14 bits per heavy atom. The van der Waals surface area contributed by atoms with Crippen LogP contribution in [0.1, 0.15) is 46.0 Å². The van der Waals surface area contributed by atoms with Crippen molar-refractivity contribution in [3.05, 3.63) is 52.5 Å². The highest BCUT2D eigenvalue weighted by Gasteiger charge is 2.18. The molecule has 1 aliphatic heterocycles. The highest BCUT2D eigenvalue weighted by atomic mass is 16.3. The molecule has 4 heteroatoms. The van der Waals surface area contributed by atoms with Gasteiger partial charge in [0.2, 0.25) is 0 Å². The second-order valence-electron chi connectivity index (χ2n) is 5.61. The van der Waals surface area contributed by atoms with Crippen LogP contribution < -0.4 is 10.6 Å². The molecule has 1 aromatic carbocycles. The molecular weight excluding hydrogens is 264 g/mol. The molecule has 0 fully saturated rings. The van der Waals surface area contributed by atoms with Crippen LogP contribution in [0, 0.1) is 13.8 Å². The van der Waals surface area contributed by atoms with Gasteiger partial charge < -0.3 is 15.1 Å². The van der Waals surface area contributed by atoms with Crippen molar-refractivity contribution in [3.8, 4) is 0 Å². The van der Waals surface area contributed by atoms with E-state index in [0.29, 0.717) is 5.56 Å². The maximum absolute atomic E-state index is 12.4. The van der Waals surface area contributed by atoms with Crippen LogP contribution in [0.5, 0.6) is 0 Å². The molecule has 2 aromatic rings. The fourth-order valence-electron chi connectivity index (χ4n) is 2.88. The van der Waals surface area contributed by atoms with E-state index in [9.17, 15) is 4.79 Å². The molecule has 1 unspecified atom stereocenters. The van der Waals surface area contributed by atoms with Gasteiger partial charge in [0.25, 0.3) is 5.91 Å². The lowest BCUT2D eigenvalue weighted by atomic mass is 10.1. The SMILES string of the molecule is Cc1cc(C(C)NC(=O)c2ccc3c(c2)CCN3)c(C)o1. The molecule has 0 spiro atoms. The summed E-state index contributed by atoms with van der Waals surface area (Å²) in [6.45, 7) is 6.76. The smallest absolute Gasteiger partial charge is 0.251 e. The number of fused-ring (bicyclic) bond motifs is 1. The Hall–Kier alpha value is -2.23. The van der Waals surface area contributed by atoms with Crippen LogP contribution in [0.2, 0.25) is 0 Å². The molecule has 21 heavy (non-hydrogen) atoms. The lowest BCUT2D eigenvalue weighted by Gasteiger charge is -2.13. The summed E-state index contributed by atoms with van der Waals surface area (Å²) < 4.78 is 5.52. The quantitative estimate of drug-likeness (QED) is 0.908. The predicted octanol–water partition coefficient (Wildman–Crippen LogP) is 3.36. The van der Waals surface area contributed by atoms with Crippen LogP contribution in [0.15, 0.2) is 28.7 Å². The van der Waals surface area contributed by atoms with Crippen molar-refractivity contribution in [2.75, 3.05) is 11.9 Å². The molecule has 0 saturated heterocycles. The van der Waals surface area contributed by atoms with E-state index in [2.05, 4.69) is 10.6 Å². The number of amides is 1. The zero-order valence-corrected chi connectivity index (χ0v) is 12.6. The average Bonchev–Trinajstić information content (AvgIpc) is 3.03. The lowest BCUT2D eigenvalue weighted by Crippen LogP contribution is -2.26. The van der Waals surface area contributed by atoms with Gasteiger partial charge in [0.1, 0.15) is 11.5 Å². The minimum atomic E-state index is -0.0682. The summed E-state index contributed by atoms with van der Waals surface area (Å²) in [6, 6.07) is 7.74. The monoisotopic (exact) mass is 284 g/mol. The van der Waals surface area contributed by atoms with E-state index in [1.165, 1.54) is 5.56 Å². The number of carbonyl (C=O) groups is 1. The standard InChI is InChI=1S/C17H20N2O2/c1-10-8-15(12(3)21-10)11(2)19-17(20)14-4-5-16-13(9-14)6-7-18-16/h4-5,8-9,11,18H,6-7H2,1-3H3,(H,19,20). The van der Waals surface area contributed by atoms with E-state index < -0.39 is 0 Å². The molecule has 1 atom stereocenters. The van der Waals surface area contributed by atoms with Crippen molar-refractivity contribution in [3.63, 3.8) is 0 Å². The van der Waals surface area contributed by atoms with E-state index in [0.717, 1.165) is 35.7 Å². The predicted molar refractivity (Wildman–Crippen MR) is 82.7 cm³/mol. The number of furan rings is 1. The van der Waals surface area contributed by atoms with Crippen LogP contribution >= 0.6 is 0 Å². The second-order valence-corrected chi connectivity index (χ2v) is 5.61. The maximum atomic E-state index is 12.4. The third kappa shape index (κ3) is 2.66. The summed E-state index contributed by atoms with van der Waals surface area (Å²) in [6.07, 6.45) is 0.978. The second kappa shape index (κ2) is 5.28. The van der Waals surface area contributed by atoms with Gasteiger partial charge in [-0.2, -0.15) is 0 Å². The molecular formula is C17H20N2O2. The van der Waals surface area contributed by atoms with Gasteiger partial charge in [-0.15, -0.1) is 0 Å². The number of aryl methyl sites for hydroxylation is 2. The highest BCUT2D eigenvalue weighted by molar-refractivity contribution is 5.95. The number of anilines is 1. The van der Waals surface area contributed by atoms with Crippen LogP contribution in [-0.2, 0) is 6.42 Å². The number of hydrogen-bond donors (Lipinski definition) is 2. The third-order valence-corrected chi connectivity index (χ3v) is 3.97. The number of benzene rings is 1. The van der Waals surface area contributed by atoms with Gasteiger partial charge in [0, 0.05) is 23.4 Å². The Labute approximate surface area is 124 Å². The maximum Gasteiger partial charge on any atom is 0.251 e. The molecule has 0 radical (unpaired) electrons. The van der Waals surface area contributed by atoms with Crippen molar-refractivity contribution in [2.24, 2.45) is 0 Å². The van der Waals surface area contributed by atoms with Crippen LogP contribution in [-0.4, -0.2) is 12.5 Å². The average molecular weight is 284 g/mol. The van der Waals surface area contributed by atoms with Crippen molar-refractivity contribution >= 4 is 11.6 Å². The molecule has 2 N–H and O–H groups in total. The number of carbonyl (C=O) groups excluding carboxylic acids is 1. The zero-order valence-electron chi connectivity index (χ0n) is 12.6. The summed E-state index contributed by atoms with van der Waals surface area (Å²) in [4.78, 5) is 12.4.